The maximum atomic E-state index is 11.9. The van der Waals surface area contributed by atoms with Gasteiger partial charge in [-0.05, 0) is 5.92 Å². The first kappa shape index (κ1) is 15.9. The average molecular weight is 246 g/mol. The Morgan fingerprint density at radius 3 is 2.41 bits per heavy atom. The van der Waals surface area contributed by atoms with Crippen LogP contribution in [-0.4, -0.2) is 54.7 Å². The molecule has 6 nitrogen and oxygen atoms in total. The highest BCUT2D eigenvalue weighted by atomic mass is 16.5. The molecule has 0 aromatic heterocycles. The van der Waals surface area contributed by atoms with Gasteiger partial charge in [0.1, 0.15) is 0 Å². The molecular formula is C11H22N2O4. The van der Waals surface area contributed by atoms with E-state index in [-0.39, 0.29) is 12.3 Å². The molecule has 0 heterocycles. The fourth-order valence-corrected chi connectivity index (χ4v) is 1.44. The van der Waals surface area contributed by atoms with Gasteiger partial charge in [0.15, 0.2) is 0 Å². The standard InChI is InChI=1S/C11H22N2O4/c1-8(2)7-13(4-5-17-3)11(16)9(12)6-10(14)15/h8-9H,4-7,12H2,1-3H3,(H,14,15). The van der Waals surface area contributed by atoms with Crippen molar-refractivity contribution in [3.63, 3.8) is 0 Å². The summed E-state index contributed by atoms with van der Waals surface area (Å²) >= 11 is 0. The van der Waals surface area contributed by atoms with E-state index in [4.69, 9.17) is 15.6 Å². The zero-order valence-corrected chi connectivity index (χ0v) is 10.7. The summed E-state index contributed by atoms with van der Waals surface area (Å²) in [6.45, 7) is 5.36. The van der Waals surface area contributed by atoms with Crippen molar-refractivity contribution in [2.45, 2.75) is 26.3 Å². The molecule has 0 radical (unpaired) electrons. The number of ether oxygens (including phenoxy) is 1. The molecule has 6 heteroatoms. The van der Waals surface area contributed by atoms with E-state index in [0.717, 1.165) is 0 Å². The highest BCUT2D eigenvalue weighted by Gasteiger charge is 2.23. The summed E-state index contributed by atoms with van der Waals surface area (Å²) in [5.74, 6) is -1.10. The summed E-state index contributed by atoms with van der Waals surface area (Å²) < 4.78 is 4.91. The fourth-order valence-electron chi connectivity index (χ4n) is 1.44. The largest absolute Gasteiger partial charge is 0.481 e. The second kappa shape index (κ2) is 8.03. The number of nitrogens with two attached hydrogens (primary N) is 1. The highest BCUT2D eigenvalue weighted by Crippen LogP contribution is 2.03. The van der Waals surface area contributed by atoms with E-state index in [9.17, 15) is 9.59 Å². The number of methoxy groups -OCH3 is 1. The van der Waals surface area contributed by atoms with E-state index in [1.54, 1.807) is 12.0 Å². The number of hydrogen-bond donors (Lipinski definition) is 2. The van der Waals surface area contributed by atoms with Gasteiger partial charge in [0, 0.05) is 20.2 Å². The number of carbonyl (C=O) groups excluding carboxylic acids is 1. The smallest absolute Gasteiger partial charge is 0.305 e. The molecule has 0 aliphatic heterocycles. The Morgan fingerprint density at radius 2 is 2.00 bits per heavy atom. The molecular weight excluding hydrogens is 224 g/mol. The Hall–Kier alpha value is -1.14. The molecule has 0 saturated carbocycles. The van der Waals surface area contributed by atoms with Crippen molar-refractivity contribution in [3.8, 4) is 0 Å². The predicted molar refractivity (Wildman–Crippen MR) is 63.5 cm³/mol. The van der Waals surface area contributed by atoms with Gasteiger partial charge in [0.25, 0.3) is 0 Å². The molecule has 100 valence electrons. The van der Waals surface area contributed by atoms with Gasteiger partial charge in [-0.25, -0.2) is 0 Å². The number of carbonyl (C=O) groups is 2. The van der Waals surface area contributed by atoms with E-state index in [0.29, 0.717) is 25.6 Å². The first-order valence-electron chi connectivity index (χ1n) is 5.63. The third-order valence-corrected chi connectivity index (χ3v) is 2.17. The van der Waals surface area contributed by atoms with Gasteiger partial charge < -0.3 is 20.5 Å². The first-order chi connectivity index (χ1) is 7.88. The molecule has 0 aromatic carbocycles. The Morgan fingerprint density at radius 1 is 1.41 bits per heavy atom. The molecule has 1 atom stereocenters. The van der Waals surface area contributed by atoms with Crippen LogP contribution in [0, 0.1) is 5.92 Å². The molecule has 0 rings (SSSR count). The van der Waals surface area contributed by atoms with Gasteiger partial charge in [-0.1, -0.05) is 13.8 Å². The van der Waals surface area contributed by atoms with Crippen LogP contribution in [0.2, 0.25) is 0 Å². The average Bonchev–Trinajstić information content (AvgIpc) is 2.21. The SMILES string of the molecule is COCCN(CC(C)C)C(=O)C(N)CC(=O)O. The maximum absolute atomic E-state index is 11.9. The number of nitrogens with zero attached hydrogens (tertiary/aromatic N) is 1. The molecule has 0 bridgehead atoms. The van der Waals surface area contributed by atoms with Gasteiger partial charge in [0.2, 0.25) is 5.91 Å². The molecule has 0 spiro atoms. The van der Waals surface area contributed by atoms with Crippen LogP contribution in [0.15, 0.2) is 0 Å². The predicted octanol–water partition coefficient (Wildman–Crippen LogP) is -0.0806. The second-order valence-electron chi connectivity index (χ2n) is 4.38. The molecule has 0 aromatic rings. The van der Waals surface area contributed by atoms with E-state index >= 15 is 0 Å². The van der Waals surface area contributed by atoms with Crippen molar-refractivity contribution in [1.29, 1.82) is 0 Å². The Kier molecular flexibility index (Phi) is 7.49. The van der Waals surface area contributed by atoms with Gasteiger partial charge >= 0.3 is 5.97 Å². The lowest BCUT2D eigenvalue weighted by Gasteiger charge is -2.26. The van der Waals surface area contributed by atoms with Crippen molar-refractivity contribution in [2.24, 2.45) is 11.7 Å². The van der Waals surface area contributed by atoms with E-state index in [1.165, 1.54) is 0 Å². The summed E-state index contributed by atoms with van der Waals surface area (Å²) in [6, 6.07) is -0.983. The van der Waals surface area contributed by atoms with E-state index in [1.807, 2.05) is 13.8 Å². The minimum absolute atomic E-state index is 0.299. The van der Waals surface area contributed by atoms with Crippen molar-refractivity contribution in [3.05, 3.63) is 0 Å². The molecule has 3 N–H and O–H groups in total. The summed E-state index contributed by atoms with van der Waals surface area (Å²) in [4.78, 5) is 24.0. The molecule has 0 aliphatic rings. The Bertz CT molecular complexity index is 256. The molecule has 17 heavy (non-hydrogen) atoms. The third kappa shape index (κ3) is 6.91. The lowest BCUT2D eigenvalue weighted by molar-refractivity contribution is -0.142. The number of aliphatic carboxylic acids is 1. The van der Waals surface area contributed by atoms with E-state index in [2.05, 4.69) is 0 Å². The zero-order chi connectivity index (χ0) is 13.4. The van der Waals surface area contributed by atoms with Crippen LogP contribution in [-0.2, 0) is 14.3 Å². The number of carboxylic acids is 1. The monoisotopic (exact) mass is 246 g/mol. The van der Waals surface area contributed by atoms with Gasteiger partial charge in [-0.3, -0.25) is 9.59 Å². The van der Waals surface area contributed by atoms with Crippen molar-refractivity contribution in [1.82, 2.24) is 4.90 Å². The normalized spacial score (nSPS) is 12.5. The first-order valence-corrected chi connectivity index (χ1v) is 5.63. The van der Waals surface area contributed by atoms with Crippen LogP contribution >= 0.6 is 0 Å². The quantitative estimate of drug-likeness (QED) is 0.625. The zero-order valence-electron chi connectivity index (χ0n) is 10.7. The summed E-state index contributed by atoms with van der Waals surface area (Å²) in [6.07, 6.45) is -0.347. The van der Waals surface area contributed by atoms with E-state index < -0.39 is 12.0 Å². The van der Waals surface area contributed by atoms with Crippen LogP contribution in [0.1, 0.15) is 20.3 Å². The van der Waals surface area contributed by atoms with Crippen LogP contribution in [0.3, 0.4) is 0 Å². The van der Waals surface area contributed by atoms with Gasteiger partial charge in [-0.2, -0.15) is 0 Å². The maximum Gasteiger partial charge on any atom is 0.305 e. The van der Waals surface area contributed by atoms with Crippen molar-refractivity contribution < 1.29 is 19.4 Å². The molecule has 0 aliphatic carbocycles. The van der Waals surface area contributed by atoms with Crippen molar-refractivity contribution in [2.75, 3.05) is 26.8 Å². The Labute approximate surface area is 102 Å². The second-order valence-corrected chi connectivity index (χ2v) is 4.38. The lowest BCUT2D eigenvalue weighted by Crippen LogP contribution is -2.47. The summed E-state index contributed by atoms with van der Waals surface area (Å²) in [5, 5.41) is 8.60. The van der Waals surface area contributed by atoms with Crippen LogP contribution < -0.4 is 5.73 Å². The summed E-state index contributed by atoms with van der Waals surface area (Å²) in [7, 11) is 1.55. The minimum atomic E-state index is -1.07. The summed E-state index contributed by atoms with van der Waals surface area (Å²) in [5.41, 5.74) is 5.55. The lowest BCUT2D eigenvalue weighted by atomic mass is 10.1. The highest BCUT2D eigenvalue weighted by molar-refractivity contribution is 5.86. The van der Waals surface area contributed by atoms with Crippen LogP contribution in [0.25, 0.3) is 0 Å². The number of carboxylic acid groups (broad SMARTS) is 1. The third-order valence-electron chi connectivity index (χ3n) is 2.17. The number of hydrogen-bond acceptors (Lipinski definition) is 4. The van der Waals surface area contributed by atoms with Crippen LogP contribution in [0.5, 0.6) is 0 Å². The minimum Gasteiger partial charge on any atom is -0.481 e. The molecule has 0 fully saturated rings. The van der Waals surface area contributed by atoms with Gasteiger partial charge in [0.05, 0.1) is 19.1 Å². The van der Waals surface area contributed by atoms with Gasteiger partial charge in [-0.15, -0.1) is 0 Å². The van der Waals surface area contributed by atoms with Crippen LogP contribution in [0.4, 0.5) is 0 Å². The molecule has 1 amide bonds. The van der Waals surface area contributed by atoms with Crippen molar-refractivity contribution >= 4 is 11.9 Å². The molecule has 1 unspecified atom stereocenters. The number of amides is 1. The fraction of sp³-hybridized carbons (Fsp3) is 0.818. The number of rotatable bonds is 8. The topological polar surface area (TPSA) is 92.9 Å². The Balaban J connectivity index is 4.43. The molecule has 0 saturated heterocycles.